The summed E-state index contributed by atoms with van der Waals surface area (Å²) in [6, 6.07) is 3.92. The van der Waals surface area contributed by atoms with E-state index in [0.717, 1.165) is 37.1 Å². The first-order chi connectivity index (χ1) is 12.6. The van der Waals surface area contributed by atoms with Crippen LogP contribution in [0.1, 0.15) is 31.2 Å². The van der Waals surface area contributed by atoms with E-state index in [2.05, 4.69) is 4.90 Å². The Bertz CT molecular complexity index is 820. The number of primary sulfonamides is 1. The Morgan fingerprint density at radius 3 is 2.26 bits per heavy atom. The standard InChI is InChI=1S/C18H24F3N3O2S/c19-18(20,21)15-11-14(3-4-17(15)27(22,25)26)23-5-7-24(8-6-23)16-10-12-1-2-13(16)9-12/h3-4,11-13,16H,1-2,5-10H2,(H2,22,25,26). The summed E-state index contributed by atoms with van der Waals surface area (Å²) in [4.78, 5) is 3.51. The van der Waals surface area contributed by atoms with E-state index in [9.17, 15) is 21.6 Å². The first-order valence-electron chi connectivity index (χ1n) is 9.36. The maximum atomic E-state index is 13.3. The lowest BCUT2D eigenvalue weighted by molar-refractivity contribution is -0.139. The SMILES string of the molecule is NS(=O)(=O)c1ccc(N2CCN(C3CC4CCC3C4)CC2)cc1C(F)(F)F. The maximum absolute atomic E-state index is 13.3. The van der Waals surface area contributed by atoms with Gasteiger partial charge in [-0.2, -0.15) is 13.2 Å². The molecule has 1 aliphatic heterocycles. The number of alkyl halides is 3. The Morgan fingerprint density at radius 2 is 1.74 bits per heavy atom. The maximum Gasteiger partial charge on any atom is 0.417 e. The normalized spacial score (nSPS) is 29.5. The van der Waals surface area contributed by atoms with E-state index in [1.165, 1.54) is 31.7 Å². The summed E-state index contributed by atoms with van der Waals surface area (Å²) < 4.78 is 63.0. The summed E-state index contributed by atoms with van der Waals surface area (Å²) in [6.45, 7) is 2.93. The zero-order valence-electron chi connectivity index (χ0n) is 15.0. The van der Waals surface area contributed by atoms with Crippen molar-refractivity contribution in [3.63, 3.8) is 0 Å². The molecule has 150 valence electrons. The van der Waals surface area contributed by atoms with Gasteiger partial charge in [0.25, 0.3) is 0 Å². The smallest absolute Gasteiger partial charge is 0.369 e. The van der Waals surface area contributed by atoms with Crippen LogP contribution in [-0.2, 0) is 16.2 Å². The molecule has 0 spiro atoms. The highest BCUT2D eigenvalue weighted by Gasteiger charge is 2.43. The van der Waals surface area contributed by atoms with Crippen molar-refractivity contribution in [2.75, 3.05) is 31.1 Å². The molecule has 1 heterocycles. The zero-order chi connectivity index (χ0) is 19.4. The minimum Gasteiger partial charge on any atom is -0.369 e. The highest BCUT2D eigenvalue weighted by Crippen LogP contribution is 2.47. The summed E-state index contributed by atoms with van der Waals surface area (Å²) in [5.74, 6) is 1.64. The van der Waals surface area contributed by atoms with Gasteiger partial charge in [-0.05, 0) is 49.3 Å². The number of nitrogens with zero attached hydrogens (tertiary/aromatic N) is 2. The van der Waals surface area contributed by atoms with Gasteiger partial charge in [0, 0.05) is 37.9 Å². The van der Waals surface area contributed by atoms with Gasteiger partial charge in [-0.25, -0.2) is 13.6 Å². The summed E-state index contributed by atoms with van der Waals surface area (Å²) in [7, 11) is -4.44. The largest absolute Gasteiger partial charge is 0.417 e. The first kappa shape index (κ1) is 19.0. The molecule has 0 amide bonds. The molecule has 3 unspecified atom stereocenters. The molecule has 5 nitrogen and oxygen atoms in total. The molecule has 3 fully saturated rings. The van der Waals surface area contributed by atoms with Crippen LogP contribution in [-0.4, -0.2) is 45.5 Å². The van der Waals surface area contributed by atoms with Crippen LogP contribution in [0.2, 0.25) is 0 Å². The molecule has 9 heteroatoms. The van der Waals surface area contributed by atoms with Crippen molar-refractivity contribution in [1.29, 1.82) is 0 Å². The molecule has 0 radical (unpaired) electrons. The average Bonchev–Trinajstić information content (AvgIpc) is 3.23. The number of sulfonamides is 1. The van der Waals surface area contributed by atoms with Crippen molar-refractivity contribution in [2.24, 2.45) is 17.0 Å². The van der Waals surface area contributed by atoms with Crippen molar-refractivity contribution in [2.45, 2.75) is 42.8 Å². The molecule has 27 heavy (non-hydrogen) atoms. The Labute approximate surface area is 157 Å². The molecular formula is C18H24F3N3O2S. The quantitative estimate of drug-likeness (QED) is 0.843. The predicted octanol–water partition coefficient (Wildman–Crippen LogP) is 2.66. The number of hydrogen-bond acceptors (Lipinski definition) is 4. The second-order valence-corrected chi connectivity index (χ2v) is 9.52. The lowest BCUT2D eigenvalue weighted by atomic mass is 9.93. The predicted molar refractivity (Wildman–Crippen MR) is 95.8 cm³/mol. The minimum absolute atomic E-state index is 0.391. The number of nitrogens with two attached hydrogens (primary N) is 1. The monoisotopic (exact) mass is 403 g/mol. The first-order valence-corrected chi connectivity index (χ1v) is 10.9. The molecule has 3 aliphatic rings. The third-order valence-electron chi connectivity index (χ3n) is 6.42. The van der Waals surface area contributed by atoms with Gasteiger partial charge in [-0.15, -0.1) is 0 Å². The Hall–Kier alpha value is -1.32. The van der Waals surface area contributed by atoms with Crippen molar-refractivity contribution in [3.05, 3.63) is 23.8 Å². The fourth-order valence-electron chi connectivity index (χ4n) is 5.15. The zero-order valence-corrected chi connectivity index (χ0v) is 15.8. The summed E-state index contributed by atoms with van der Waals surface area (Å²) in [5, 5.41) is 4.95. The molecule has 1 aromatic rings. The Morgan fingerprint density at radius 1 is 1.04 bits per heavy atom. The van der Waals surface area contributed by atoms with Crippen LogP contribution < -0.4 is 10.0 Å². The van der Waals surface area contributed by atoms with Gasteiger partial charge < -0.3 is 4.90 Å². The van der Waals surface area contributed by atoms with Gasteiger partial charge in [0.1, 0.15) is 0 Å². The molecule has 3 atom stereocenters. The number of halogens is 3. The number of fused-ring (bicyclic) bond motifs is 2. The number of anilines is 1. The van der Waals surface area contributed by atoms with Crippen LogP contribution in [0.5, 0.6) is 0 Å². The Kier molecular flexibility index (Phi) is 4.67. The van der Waals surface area contributed by atoms with Crippen LogP contribution >= 0.6 is 0 Å². The highest BCUT2D eigenvalue weighted by molar-refractivity contribution is 7.89. The van der Waals surface area contributed by atoms with E-state index in [1.807, 2.05) is 4.90 Å². The molecule has 1 aromatic carbocycles. The van der Waals surface area contributed by atoms with E-state index in [1.54, 1.807) is 0 Å². The number of piperazine rings is 1. The van der Waals surface area contributed by atoms with E-state index >= 15 is 0 Å². The van der Waals surface area contributed by atoms with Crippen molar-refractivity contribution >= 4 is 15.7 Å². The van der Waals surface area contributed by atoms with E-state index in [4.69, 9.17) is 5.14 Å². The van der Waals surface area contributed by atoms with Gasteiger partial charge in [0.15, 0.2) is 0 Å². The van der Waals surface area contributed by atoms with Crippen molar-refractivity contribution in [3.8, 4) is 0 Å². The number of hydrogen-bond donors (Lipinski definition) is 1. The van der Waals surface area contributed by atoms with Crippen LogP contribution in [0.3, 0.4) is 0 Å². The van der Waals surface area contributed by atoms with Crippen molar-refractivity contribution in [1.82, 2.24) is 4.90 Å². The molecule has 2 aliphatic carbocycles. The lowest BCUT2D eigenvalue weighted by Crippen LogP contribution is -2.51. The highest BCUT2D eigenvalue weighted by atomic mass is 32.2. The minimum atomic E-state index is -4.78. The number of benzene rings is 1. The molecular weight excluding hydrogens is 379 g/mol. The van der Waals surface area contributed by atoms with Crippen molar-refractivity contribution < 1.29 is 21.6 Å². The summed E-state index contributed by atoms with van der Waals surface area (Å²) in [5.41, 5.74) is -0.805. The van der Waals surface area contributed by atoms with Crippen LogP contribution in [0.15, 0.2) is 23.1 Å². The van der Waals surface area contributed by atoms with E-state index in [0.29, 0.717) is 24.8 Å². The van der Waals surface area contributed by atoms with Crippen LogP contribution in [0, 0.1) is 11.8 Å². The fraction of sp³-hybridized carbons (Fsp3) is 0.667. The molecule has 1 saturated heterocycles. The molecule has 2 bridgehead atoms. The second kappa shape index (κ2) is 6.63. The van der Waals surface area contributed by atoms with Crippen LogP contribution in [0.4, 0.5) is 18.9 Å². The van der Waals surface area contributed by atoms with Gasteiger partial charge >= 0.3 is 6.18 Å². The third-order valence-corrected chi connectivity index (χ3v) is 7.39. The molecule has 2 saturated carbocycles. The lowest BCUT2D eigenvalue weighted by Gasteiger charge is -2.42. The number of rotatable bonds is 3. The Balaban J connectivity index is 1.50. The fourth-order valence-corrected chi connectivity index (χ4v) is 5.89. The topological polar surface area (TPSA) is 66.6 Å². The molecule has 2 N–H and O–H groups in total. The van der Waals surface area contributed by atoms with E-state index in [-0.39, 0.29) is 0 Å². The van der Waals surface area contributed by atoms with Gasteiger partial charge in [-0.3, -0.25) is 4.90 Å². The molecule has 4 rings (SSSR count). The van der Waals surface area contributed by atoms with Crippen LogP contribution in [0.25, 0.3) is 0 Å². The van der Waals surface area contributed by atoms with Gasteiger partial charge in [0.05, 0.1) is 10.5 Å². The van der Waals surface area contributed by atoms with Gasteiger partial charge in [-0.1, -0.05) is 6.42 Å². The molecule has 0 aromatic heterocycles. The second-order valence-electron chi connectivity index (χ2n) is 7.99. The summed E-state index contributed by atoms with van der Waals surface area (Å²) >= 11 is 0. The van der Waals surface area contributed by atoms with E-state index < -0.39 is 26.7 Å². The third kappa shape index (κ3) is 3.69. The average molecular weight is 403 g/mol. The van der Waals surface area contributed by atoms with Gasteiger partial charge in [0.2, 0.25) is 10.0 Å². The summed E-state index contributed by atoms with van der Waals surface area (Å²) in [6.07, 6.45) is 0.459.